The summed E-state index contributed by atoms with van der Waals surface area (Å²) in [6.07, 6.45) is 0.396. The molecule has 1 N–H and O–H groups in total. The Morgan fingerprint density at radius 3 is 2.46 bits per heavy atom. The monoisotopic (exact) mass is 350 g/mol. The molecule has 0 unspecified atom stereocenters. The summed E-state index contributed by atoms with van der Waals surface area (Å²) in [5.41, 5.74) is 0.787. The highest BCUT2D eigenvalue weighted by Gasteiger charge is 2.12. The first kappa shape index (κ1) is 17.9. The van der Waals surface area contributed by atoms with Crippen LogP contribution in [0.4, 0.5) is 0 Å². The van der Waals surface area contributed by atoms with Crippen LogP contribution in [0.25, 0.3) is 0 Å². The predicted molar refractivity (Wildman–Crippen MR) is 91.4 cm³/mol. The lowest BCUT2D eigenvalue weighted by Gasteiger charge is -2.15. The quantitative estimate of drug-likeness (QED) is 0.696. The molecule has 0 atom stereocenters. The van der Waals surface area contributed by atoms with Crippen LogP contribution in [0.1, 0.15) is 12.0 Å². The van der Waals surface area contributed by atoms with E-state index >= 15 is 0 Å². The fraction of sp³-hybridized carbons (Fsp3) is 0.278. The summed E-state index contributed by atoms with van der Waals surface area (Å²) in [5.74, 6) is 0.847. The highest BCUT2D eigenvalue weighted by molar-refractivity contribution is 6.32. The van der Waals surface area contributed by atoms with E-state index in [-0.39, 0.29) is 13.0 Å². The zero-order chi connectivity index (χ0) is 17.4. The molecule has 0 heterocycles. The average Bonchev–Trinajstić information content (AvgIpc) is 2.58. The van der Waals surface area contributed by atoms with Gasteiger partial charge in [-0.05, 0) is 30.2 Å². The molecule has 5 nitrogen and oxygen atoms in total. The molecule has 0 saturated heterocycles. The van der Waals surface area contributed by atoms with E-state index in [0.29, 0.717) is 35.3 Å². The molecule has 2 rings (SSSR count). The van der Waals surface area contributed by atoms with E-state index in [1.54, 1.807) is 25.3 Å². The van der Waals surface area contributed by atoms with E-state index < -0.39 is 5.97 Å². The van der Waals surface area contributed by atoms with Crippen molar-refractivity contribution >= 4 is 17.6 Å². The Balaban J connectivity index is 1.97. The molecule has 0 fully saturated rings. The number of aliphatic carboxylic acids is 1. The molecule has 0 radical (unpaired) electrons. The third-order valence-corrected chi connectivity index (χ3v) is 3.62. The summed E-state index contributed by atoms with van der Waals surface area (Å²) in [4.78, 5) is 10.8. The van der Waals surface area contributed by atoms with Gasteiger partial charge in [0.25, 0.3) is 0 Å². The molecule has 0 spiro atoms. The average molecular weight is 351 g/mol. The molecule has 0 saturated carbocycles. The van der Waals surface area contributed by atoms with Crippen LogP contribution in [0.15, 0.2) is 42.5 Å². The van der Waals surface area contributed by atoms with E-state index in [9.17, 15) is 4.79 Å². The van der Waals surface area contributed by atoms with E-state index in [0.717, 1.165) is 5.56 Å². The number of rotatable bonds is 9. The first-order chi connectivity index (χ1) is 11.6. The number of hydrogen-bond acceptors (Lipinski definition) is 4. The second-order valence-electron chi connectivity index (χ2n) is 4.97. The lowest BCUT2D eigenvalue weighted by molar-refractivity contribution is -0.136. The minimum Gasteiger partial charge on any atom is -0.493 e. The number of hydrogen-bond donors (Lipinski definition) is 1. The van der Waals surface area contributed by atoms with E-state index in [2.05, 4.69) is 0 Å². The van der Waals surface area contributed by atoms with Crippen molar-refractivity contribution in [2.45, 2.75) is 12.8 Å². The largest absolute Gasteiger partial charge is 0.493 e. The standard InChI is InChI=1S/C18H19ClO5/c1-22-16-8-4-5-13(9-10-17(20)21)18(16)24-12-11-23-15-7-3-2-6-14(15)19/h2-8H,9-12H2,1H3,(H,20,21). The normalized spacial score (nSPS) is 10.2. The van der Waals surface area contributed by atoms with Crippen molar-refractivity contribution in [2.24, 2.45) is 0 Å². The van der Waals surface area contributed by atoms with E-state index in [1.165, 1.54) is 0 Å². The fourth-order valence-electron chi connectivity index (χ4n) is 2.18. The molecular weight excluding hydrogens is 332 g/mol. The minimum atomic E-state index is -0.856. The van der Waals surface area contributed by atoms with Gasteiger partial charge in [-0.25, -0.2) is 0 Å². The molecule has 128 valence electrons. The number of carboxylic acids is 1. The Bertz CT molecular complexity index is 687. The Morgan fingerprint density at radius 2 is 1.75 bits per heavy atom. The van der Waals surface area contributed by atoms with Crippen LogP contribution < -0.4 is 14.2 Å². The summed E-state index contributed by atoms with van der Waals surface area (Å²) in [5, 5.41) is 9.39. The number of aryl methyl sites for hydroxylation is 1. The zero-order valence-corrected chi connectivity index (χ0v) is 14.1. The van der Waals surface area contributed by atoms with Crippen molar-refractivity contribution in [1.82, 2.24) is 0 Å². The summed E-state index contributed by atoms with van der Waals surface area (Å²) in [6, 6.07) is 12.6. The topological polar surface area (TPSA) is 65.0 Å². The predicted octanol–water partition coefficient (Wildman–Crippen LogP) is 3.82. The van der Waals surface area contributed by atoms with Crippen LogP contribution in [-0.4, -0.2) is 31.4 Å². The highest BCUT2D eigenvalue weighted by Crippen LogP contribution is 2.32. The van der Waals surface area contributed by atoms with E-state index in [4.69, 9.17) is 30.9 Å². The molecule has 0 aliphatic heterocycles. The number of ether oxygens (including phenoxy) is 3. The molecule has 0 bridgehead atoms. The van der Waals surface area contributed by atoms with Gasteiger partial charge in [0.15, 0.2) is 11.5 Å². The van der Waals surface area contributed by atoms with Crippen LogP contribution in [-0.2, 0) is 11.2 Å². The second-order valence-corrected chi connectivity index (χ2v) is 5.38. The maximum absolute atomic E-state index is 10.8. The number of carboxylic acid groups (broad SMARTS) is 1. The fourth-order valence-corrected chi connectivity index (χ4v) is 2.37. The van der Waals surface area contributed by atoms with Gasteiger partial charge < -0.3 is 19.3 Å². The van der Waals surface area contributed by atoms with Crippen molar-refractivity contribution in [3.05, 3.63) is 53.1 Å². The lowest BCUT2D eigenvalue weighted by atomic mass is 10.1. The number of halogens is 1. The third-order valence-electron chi connectivity index (χ3n) is 3.31. The van der Waals surface area contributed by atoms with Crippen LogP contribution in [0, 0.1) is 0 Å². The maximum atomic E-state index is 10.8. The van der Waals surface area contributed by atoms with Gasteiger partial charge in [0.2, 0.25) is 0 Å². The summed E-state index contributed by atoms with van der Waals surface area (Å²) in [7, 11) is 1.55. The van der Waals surface area contributed by atoms with Gasteiger partial charge >= 0.3 is 5.97 Å². The van der Waals surface area contributed by atoms with Crippen molar-refractivity contribution < 1.29 is 24.1 Å². The molecular formula is C18H19ClO5. The van der Waals surface area contributed by atoms with Crippen LogP contribution in [0.3, 0.4) is 0 Å². The highest BCUT2D eigenvalue weighted by atomic mass is 35.5. The van der Waals surface area contributed by atoms with Crippen molar-refractivity contribution in [3.8, 4) is 17.2 Å². The third kappa shape index (κ3) is 5.06. The second kappa shape index (κ2) is 9.03. The number of methoxy groups -OCH3 is 1. The maximum Gasteiger partial charge on any atom is 0.303 e. The van der Waals surface area contributed by atoms with E-state index in [1.807, 2.05) is 24.3 Å². The minimum absolute atomic E-state index is 0.0274. The van der Waals surface area contributed by atoms with Gasteiger partial charge in [0.1, 0.15) is 19.0 Å². The molecule has 0 amide bonds. The van der Waals surface area contributed by atoms with Crippen LogP contribution in [0.2, 0.25) is 5.02 Å². The molecule has 0 aliphatic carbocycles. The Hall–Kier alpha value is -2.40. The SMILES string of the molecule is COc1cccc(CCC(=O)O)c1OCCOc1ccccc1Cl. The number of carbonyl (C=O) groups is 1. The Kier molecular flexibility index (Phi) is 6.75. The summed E-state index contributed by atoms with van der Waals surface area (Å²) < 4.78 is 16.6. The molecule has 2 aromatic carbocycles. The van der Waals surface area contributed by atoms with Gasteiger partial charge in [-0.1, -0.05) is 35.9 Å². The zero-order valence-electron chi connectivity index (χ0n) is 13.3. The van der Waals surface area contributed by atoms with Crippen molar-refractivity contribution in [3.63, 3.8) is 0 Å². The molecule has 2 aromatic rings. The first-order valence-corrected chi connectivity index (χ1v) is 7.87. The number of benzene rings is 2. The molecule has 0 aromatic heterocycles. The van der Waals surface area contributed by atoms with Crippen molar-refractivity contribution in [1.29, 1.82) is 0 Å². The van der Waals surface area contributed by atoms with Gasteiger partial charge in [0, 0.05) is 6.42 Å². The number of para-hydroxylation sites is 2. The summed E-state index contributed by atoms with van der Waals surface area (Å²) >= 11 is 6.02. The van der Waals surface area contributed by atoms with Gasteiger partial charge in [-0.3, -0.25) is 4.79 Å². The Labute approximate surface area is 145 Å². The van der Waals surface area contributed by atoms with Crippen LogP contribution in [0.5, 0.6) is 17.2 Å². The van der Waals surface area contributed by atoms with Crippen LogP contribution >= 0.6 is 11.6 Å². The van der Waals surface area contributed by atoms with Gasteiger partial charge in [0.05, 0.1) is 12.1 Å². The molecule has 24 heavy (non-hydrogen) atoms. The molecule has 6 heteroatoms. The lowest BCUT2D eigenvalue weighted by Crippen LogP contribution is -2.11. The molecule has 0 aliphatic rings. The Morgan fingerprint density at radius 1 is 1.04 bits per heavy atom. The smallest absolute Gasteiger partial charge is 0.303 e. The first-order valence-electron chi connectivity index (χ1n) is 7.49. The van der Waals surface area contributed by atoms with Crippen molar-refractivity contribution in [2.75, 3.05) is 20.3 Å². The summed E-state index contributed by atoms with van der Waals surface area (Å²) in [6.45, 7) is 0.589. The van der Waals surface area contributed by atoms with Gasteiger partial charge in [-0.2, -0.15) is 0 Å². The van der Waals surface area contributed by atoms with Gasteiger partial charge in [-0.15, -0.1) is 0 Å².